The number of urea groups is 1. The number of hydrogen-bond acceptors (Lipinski definition) is 2. The summed E-state index contributed by atoms with van der Waals surface area (Å²) in [4.78, 5) is 11.1. The summed E-state index contributed by atoms with van der Waals surface area (Å²) >= 11 is 9.32. The maximum absolute atomic E-state index is 11.1. The highest BCUT2D eigenvalue weighted by atomic mass is 79.9. The van der Waals surface area contributed by atoms with Gasteiger partial charge in [0.05, 0.1) is 11.6 Å². The number of halogens is 2. The number of amides is 2. The van der Waals surface area contributed by atoms with Crippen LogP contribution >= 0.6 is 27.5 Å². The van der Waals surface area contributed by atoms with Gasteiger partial charge >= 0.3 is 6.03 Å². The molecule has 0 aliphatic rings. The quantitative estimate of drug-likeness (QED) is 0.784. The normalized spacial score (nSPS) is 9.94. The number of nitrogens with one attached hydrogen (secondary N) is 2. The first-order valence-corrected chi connectivity index (χ1v) is 6.90. The highest BCUT2D eigenvalue weighted by molar-refractivity contribution is 9.10. The number of ether oxygens (including phenoxy) is 1. The number of hydrogen-bond donors (Lipinski definition) is 2. The fraction of sp³-hybridized carbons (Fsp3) is 0.417. The molecule has 6 heteroatoms. The number of carbonyl (C=O) groups excluding carboxylic acids is 1. The minimum Gasteiger partial charge on any atom is -0.492 e. The molecule has 0 radical (unpaired) electrons. The van der Waals surface area contributed by atoms with E-state index >= 15 is 0 Å². The van der Waals surface area contributed by atoms with E-state index in [1.165, 1.54) is 0 Å². The van der Waals surface area contributed by atoms with E-state index < -0.39 is 0 Å². The molecule has 0 unspecified atom stereocenters. The van der Waals surface area contributed by atoms with Crippen LogP contribution in [0.4, 0.5) is 4.79 Å². The lowest BCUT2D eigenvalue weighted by atomic mass is 10.3. The van der Waals surface area contributed by atoms with Gasteiger partial charge in [0.2, 0.25) is 0 Å². The lowest BCUT2D eigenvalue weighted by molar-refractivity contribution is 0.239. The van der Waals surface area contributed by atoms with Crippen LogP contribution in [0.2, 0.25) is 5.02 Å². The molecule has 0 saturated carbocycles. The van der Waals surface area contributed by atoms with E-state index in [2.05, 4.69) is 26.6 Å². The number of benzene rings is 1. The van der Waals surface area contributed by atoms with Crippen molar-refractivity contribution in [2.75, 3.05) is 19.7 Å². The largest absolute Gasteiger partial charge is 0.492 e. The van der Waals surface area contributed by atoms with Crippen molar-refractivity contribution in [3.8, 4) is 5.75 Å². The first-order valence-electron chi connectivity index (χ1n) is 5.73. The Morgan fingerprint density at radius 3 is 2.89 bits per heavy atom. The summed E-state index contributed by atoms with van der Waals surface area (Å²) in [6.07, 6.45) is 0.726. The molecule has 0 spiro atoms. The summed E-state index contributed by atoms with van der Waals surface area (Å²) in [6, 6.07) is 5.31. The fourth-order valence-corrected chi connectivity index (χ4v) is 2.00. The van der Waals surface area contributed by atoms with Crippen molar-refractivity contribution in [2.24, 2.45) is 0 Å². The zero-order valence-corrected chi connectivity index (χ0v) is 12.5. The monoisotopic (exact) mass is 334 g/mol. The van der Waals surface area contributed by atoms with Crippen LogP contribution < -0.4 is 15.4 Å². The lowest BCUT2D eigenvalue weighted by Crippen LogP contribution is -2.36. The zero-order chi connectivity index (χ0) is 13.4. The molecule has 0 bridgehead atoms. The highest BCUT2D eigenvalue weighted by Gasteiger charge is 2.02. The Morgan fingerprint density at radius 2 is 2.22 bits per heavy atom. The Labute approximate surface area is 120 Å². The van der Waals surface area contributed by atoms with Gasteiger partial charge in [-0.3, -0.25) is 0 Å². The molecule has 0 saturated heterocycles. The van der Waals surface area contributed by atoms with Gasteiger partial charge in [-0.2, -0.15) is 0 Å². The molecule has 0 atom stereocenters. The van der Waals surface area contributed by atoms with Crippen LogP contribution in [0, 0.1) is 0 Å². The Kier molecular flexibility index (Phi) is 6.90. The molecule has 0 aromatic heterocycles. The van der Waals surface area contributed by atoms with Gasteiger partial charge in [0, 0.05) is 17.6 Å². The second-order valence-electron chi connectivity index (χ2n) is 3.56. The molecule has 1 rings (SSSR count). The van der Waals surface area contributed by atoms with E-state index in [0.29, 0.717) is 30.5 Å². The lowest BCUT2D eigenvalue weighted by Gasteiger charge is -2.09. The minimum atomic E-state index is -0.154. The Morgan fingerprint density at radius 1 is 1.44 bits per heavy atom. The molecule has 1 aromatic rings. The molecule has 0 fully saturated rings. The molecule has 0 heterocycles. The smallest absolute Gasteiger partial charge is 0.314 e. The Bertz CT molecular complexity index is 402. The van der Waals surface area contributed by atoms with Crippen molar-refractivity contribution in [1.29, 1.82) is 0 Å². The van der Waals surface area contributed by atoms with Crippen molar-refractivity contribution >= 4 is 33.6 Å². The zero-order valence-electron chi connectivity index (χ0n) is 10.1. The summed E-state index contributed by atoms with van der Waals surface area (Å²) in [6.45, 7) is 3.57. The van der Waals surface area contributed by atoms with Crippen molar-refractivity contribution in [3.05, 3.63) is 27.7 Å². The van der Waals surface area contributed by atoms with Gasteiger partial charge in [0.1, 0.15) is 5.75 Å². The first-order chi connectivity index (χ1) is 8.63. The SMILES string of the molecule is CCNC(=O)NCCCOc1ccc(Br)cc1Cl. The maximum atomic E-state index is 11.1. The van der Waals surface area contributed by atoms with E-state index in [0.717, 1.165) is 10.9 Å². The highest BCUT2D eigenvalue weighted by Crippen LogP contribution is 2.27. The molecule has 2 amide bonds. The second-order valence-corrected chi connectivity index (χ2v) is 4.89. The summed E-state index contributed by atoms with van der Waals surface area (Å²) in [5.41, 5.74) is 0. The Balaban J connectivity index is 2.20. The Hall–Kier alpha value is -0.940. The van der Waals surface area contributed by atoms with Gasteiger partial charge in [-0.15, -0.1) is 0 Å². The summed E-state index contributed by atoms with van der Waals surface area (Å²) in [5.74, 6) is 0.651. The molecule has 1 aromatic carbocycles. The molecule has 0 aliphatic carbocycles. The summed E-state index contributed by atoms with van der Waals surface area (Å²) in [5, 5.41) is 5.95. The maximum Gasteiger partial charge on any atom is 0.314 e. The third-order valence-corrected chi connectivity index (χ3v) is 2.88. The predicted molar refractivity (Wildman–Crippen MR) is 76.3 cm³/mol. The number of rotatable bonds is 6. The fourth-order valence-electron chi connectivity index (χ4n) is 1.27. The molecule has 0 aliphatic heterocycles. The van der Waals surface area contributed by atoms with Gasteiger partial charge in [0.25, 0.3) is 0 Å². The molecule has 4 nitrogen and oxygen atoms in total. The average Bonchev–Trinajstić information content (AvgIpc) is 2.31. The van der Waals surface area contributed by atoms with Gasteiger partial charge in [-0.25, -0.2) is 4.79 Å². The van der Waals surface area contributed by atoms with E-state index in [1.807, 2.05) is 19.1 Å². The van der Waals surface area contributed by atoms with E-state index in [1.54, 1.807) is 6.07 Å². The molecule has 2 N–H and O–H groups in total. The molecule has 100 valence electrons. The van der Waals surface area contributed by atoms with Gasteiger partial charge in [-0.05, 0) is 31.5 Å². The molecule has 18 heavy (non-hydrogen) atoms. The number of carbonyl (C=O) groups is 1. The van der Waals surface area contributed by atoms with E-state index in [-0.39, 0.29) is 6.03 Å². The van der Waals surface area contributed by atoms with Crippen molar-refractivity contribution < 1.29 is 9.53 Å². The van der Waals surface area contributed by atoms with E-state index in [9.17, 15) is 4.79 Å². The van der Waals surface area contributed by atoms with Crippen LogP contribution in [-0.2, 0) is 0 Å². The van der Waals surface area contributed by atoms with Crippen LogP contribution in [0.1, 0.15) is 13.3 Å². The standard InChI is InChI=1S/C12H16BrClN2O2/c1-2-15-12(17)16-6-3-7-18-11-5-4-9(13)8-10(11)14/h4-5,8H,2-3,6-7H2,1H3,(H2,15,16,17). The van der Waals surface area contributed by atoms with Crippen molar-refractivity contribution in [3.63, 3.8) is 0 Å². The van der Waals surface area contributed by atoms with Gasteiger partial charge < -0.3 is 15.4 Å². The topological polar surface area (TPSA) is 50.4 Å². The third kappa shape index (κ3) is 5.60. The van der Waals surface area contributed by atoms with Crippen LogP contribution in [0.3, 0.4) is 0 Å². The summed E-state index contributed by atoms with van der Waals surface area (Å²) in [7, 11) is 0. The molecular weight excluding hydrogens is 320 g/mol. The van der Waals surface area contributed by atoms with Crippen LogP contribution in [0.15, 0.2) is 22.7 Å². The van der Waals surface area contributed by atoms with Gasteiger partial charge in [0.15, 0.2) is 0 Å². The van der Waals surface area contributed by atoms with Crippen LogP contribution in [-0.4, -0.2) is 25.7 Å². The average molecular weight is 336 g/mol. The molecular formula is C12H16BrClN2O2. The van der Waals surface area contributed by atoms with Crippen LogP contribution in [0.5, 0.6) is 5.75 Å². The predicted octanol–water partition coefficient (Wildman–Crippen LogP) is 3.19. The van der Waals surface area contributed by atoms with Crippen molar-refractivity contribution in [1.82, 2.24) is 10.6 Å². The minimum absolute atomic E-state index is 0.154. The second kappa shape index (κ2) is 8.21. The summed E-state index contributed by atoms with van der Waals surface area (Å²) < 4.78 is 6.42. The van der Waals surface area contributed by atoms with Crippen LogP contribution in [0.25, 0.3) is 0 Å². The first kappa shape index (κ1) is 15.1. The van der Waals surface area contributed by atoms with Crippen molar-refractivity contribution in [2.45, 2.75) is 13.3 Å². The van der Waals surface area contributed by atoms with Gasteiger partial charge in [-0.1, -0.05) is 27.5 Å². The van der Waals surface area contributed by atoms with E-state index in [4.69, 9.17) is 16.3 Å². The third-order valence-electron chi connectivity index (χ3n) is 2.10.